The van der Waals surface area contributed by atoms with Gasteiger partial charge in [-0.3, -0.25) is 4.79 Å². The molecule has 4 nitrogen and oxygen atoms in total. The average Bonchev–Trinajstić information content (AvgIpc) is 2.18. The Balaban J connectivity index is 3.58. The SMILES string of the molecule is CCCCOC(C)OC/C=C(\C)C(N)=O. The monoisotopic (exact) mass is 215 g/mol. The lowest BCUT2D eigenvalue weighted by Gasteiger charge is -2.12. The Morgan fingerprint density at radius 2 is 2.13 bits per heavy atom. The van der Waals surface area contributed by atoms with Crippen molar-refractivity contribution in [3.8, 4) is 0 Å². The van der Waals surface area contributed by atoms with Crippen LogP contribution in [0.2, 0.25) is 0 Å². The van der Waals surface area contributed by atoms with E-state index in [0.29, 0.717) is 18.8 Å². The summed E-state index contributed by atoms with van der Waals surface area (Å²) in [6.45, 7) is 6.66. The van der Waals surface area contributed by atoms with Crippen LogP contribution in [0.1, 0.15) is 33.6 Å². The van der Waals surface area contributed by atoms with Crippen molar-refractivity contribution in [2.45, 2.75) is 39.9 Å². The molecule has 0 fully saturated rings. The van der Waals surface area contributed by atoms with Crippen LogP contribution in [0.5, 0.6) is 0 Å². The van der Waals surface area contributed by atoms with Gasteiger partial charge in [0.15, 0.2) is 6.29 Å². The molecule has 0 aromatic carbocycles. The van der Waals surface area contributed by atoms with Crippen molar-refractivity contribution in [1.82, 2.24) is 0 Å². The van der Waals surface area contributed by atoms with Gasteiger partial charge in [0.05, 0.1) is 6.61 Å². The van der Waals surface area contributed by atoms with Gasteiger partial charge in [0.2, 0.25) is 5.91 Å². The summed E-state index contributed by atoms with van der Waals surface area (Å²) >= 11 is 0. The summed E-state index contributed by atoms with van der Waals surface area (Å²) in [5.74, 6) is -0.418. The molecule has 2 N–H and O–H groups in total. The standard InChI is InChI=1S/C11H21NO3/c1-4-5-7-14-10(3)15-8-6-9(2)11(12)13/h6,10H,4-5,7-8H2,1-3H3,(H2,12,13)/b9-6+. The van der Waals surface area contributed by atoms with Crippen molar-refractivity contribution in [3.63, 3.8) is 0 Å². The van der Waals surface area contributed by atoms with Gasteiger partial charge in [-0.1, -0.05) is 19.4 Å². The Morgan fingerprint density at radius 1 is 1.47 bits per heavy atom. The highest BCUT2D eigenvalue weighted by atomic mass is 16.7. The lowest BCUT2D eigenvalue weighted by molar-refractivity contribution is -0.123. The number of amides is 1. The predicted molar refractivity (Wildman–Crippen MR) is 59.2 cm³/mol. The highest BCUT2D eigenvalue weighted by Crippen LogP contribution is 1.98. The summed E-state index contributed by atoms with van der Waals surface area (Å²) in [6, 6.07) is 0. The number of hydrogen-bond acceptors (Lipinski definition) is 3. The normalized spacial score (nSPS) is 13.9. The van der Waals surface area contributed by atoms with Crippen LogP contribution in [0, 0.1) is 0 Å². The first-order valence-corrected chi connectivity index (χ1v) is 5.27. The number of ether oxygens (including phenoxy) is 2. The molecule has 1 unspecified atom stereocenters. The van der Waals surface area contributed by atoms with Crippen LogP contribution in [0.3, 0.4) is 0 Å². The van der Waals surface area contributed by atoms with Crippen molar-refractivity contribution in [3.05, 3.63) is 11.6 Å². The molecule has 15 heavy (non-hydrogen) atoms. The first kappa shape index (κ1) is 14.1. The summed E-state index contributed by atoms with van der Waals surface area (Å²) in [6.07, 6.45) is 3.55. The van der Waals surface area contributed by atoms with Gasteiger partial charge in [-0.05, 0) is 20.3 Å². The minimum Gasteiger partial charge on any atom is -0.366 e. The minimum absolute atomic E-state index is 0.242. The Labute approximate surface area is 91.4 Å². The van der Waals surface area contributed by atoms with Gasteiger partial charge in [0.25, 0.3) is 0 Å². The van der Waals surface area contributed by atoms with Gasteiger partial charge in [-0.15, -0.1) is 0 Å². The van der Waals surface area contributed by atoms with E-state index < -0.39 is 5.91 Å². The molecule has 0 heterocycles. The number of carbonyl (C=O) groups excluding carboxylic acids is 1. The lowest BCUT2D eigenvalue weighted by Crippen LogP contribution is -2.16. The molecule has 0 aliphatic carbocycles. The maximum absolute atomic E-state index is 10.7. The van der Waals surface area contributed by atoms with Gasteiger partial charge < -0.3 is 15.2 Å². The fraction of sp³-hybridized carbons (Fsp3) is 0.727. The van der Waals surface area contributed by atoms with Crippen LogP contribution < -0.4 is 5.73 Å². The van der Waals surface area contributed by atoms with Crippen LogP contribution in [-0.2, 0) is 14.3 Å². The van der Waals surface area contributed by atoms with E-state index in [0.717, 1.165) is 12.8 Å². The second-order valence-corrected chi connectivity index (χ2v) is 3.38. The molecular weight excluding hydrogens is 194 g/mol. The van der Waals surface area contributed by atoms with E-state index in [2.05, 4.69) is 6.92 Å². The predicted octanol–water partition coefficient (Wildman–Crippen LogP) is 1.60. The highest BCUT2D eigenvalue weighted by molar-refractivity contribution is 5.91. The fourth-order valence-electron chi connectivity index (χ4n) is 0.851. The van der Waals surface area contributed by atoms with Gasteiger partial charge in [-0.25, -0.2) is 0 Å². The number of hydrogen-bond donors (Lipinski definition) is 1. The Hall–Kier alpha value is -0.870. The van der Waals surface area contributed by atoms with Crippen molar-refractivity contribution in [2.75, 3.05) is 13.2 Å². The third kappa shape index (κ3) is 8.15. The third-order valence-corrected chi connectivity index (χ3v) is 1.96. The van der Waals surface area contributed by atoms with E-state index in [4.69, 9.17) is 15.2 Å². The molecule has 0 spiro atoms. The molecule has 0 aromatic rings. The topological polar surface area (TPSA) is 61.6 Å². The molecule has 0 aliphatic rings. The first-order chi connectivity index (χ1) is 7.07. The number of carbonyl (C=O) groups is 1. The quantitative estimate of drug-likeness (QED) is 0.380. The van der Waals surface area contributed by atoms with Gasteiger partial charge >= 0.3 is 0 Å². The first-order valence-electron chi connectivity index (χ1n) is 5.27. The Kier molecular flexibility index (Phi) is 7.95. The lowest BCUT2D eigenvalue weighted by atomic mass is 10.3. The van der Waals surface area contributed by atoms with Crippen molar-refractivity contribution >= 4 is 5.91 Å². The zero-order chi connectivity index (χ0) is 11.7. The molecule has 0 rings (SSSR count). The zero-order valence-corrected chi connectivity index (χ0v) is 9.79. The maximum atomic E-state index is 10.7. The molecule has 0 radical (unpaired) electrons. The molecule has 0 aliphatic heterocycles. The third-order valence-electron chi connectivity index (χ3n) is 1.96. The summed E-state index contributed by atoms with van der Waals surface area (Å²) in [7, 11) is 0. The van der Waals surface area contributed by atoms with Crippen LogP contribution in [0.25, 0.3) is 0 Å². The number of rotatable bonds is 8. The molecule has 4 heteroatoms. The molecule has 0 saturated heterocycles. The van der Waals surface area contributed by atoms with Crippen LogP contribution in [-0.4, -0.2) is 25.4 Å². The number of nitrogens with two attached hydrogens (primary N) is 1. The van der Waals surface area contributed by atoms with Crippen molar-refractivity contribution in [2.24, 2.45) is 5.73 Å². The second kappa shape index (κ2) is 8.44. The smallest absolute Gasteiger partial charge is 0.244 e. The van der Waals surface area contributed by atoms with E-state index in [1.807, 2.05) is 6.92 Å². The van der Waals surface area contributed by atoms with E-state index >= 15 is 0 Å². The van der Waals surface area contributed by atoms with Crippen LogP contribution in [0.15, 0.2) is 11.6 Å². The molecule has 0 aromatic heterocycles. The minimum atomic E-state index is -0.418. The Morgan fingerprint density at radius 3 is 2.67 bits per heavy atom. The van der Waals surface area contributed by atoms with Crippen LogP contribution >= 0.6 is 0 Å². The molecule has 0 bridgehead atoms. The fourth-order valence-corrected chi connectivity index (χ4v) is 0.851. The summed E-state index contributed by atoms with van der Waals surface area (Å²) < 4.78 is 10.7. The summed E-state index contributed by atoms with van der Waals surface area (Å²) in [5.41, 5.74) is 5.57. The summed E-state index contributed by atoms with van der Waals surface area (Å²) in [5, 5.41) is 0. The largest absolute Gasteiger partial charge is 0.366 e. The molecular formula is C11H21NO3. The van der Waals surface area contributed by atoms with E-state index in [9.17, 15) is 4.79 Å². The van der Waals surface area contributed by atoms with Crippen LogP contribution in [0.4, 0.5) is 0 Å². The van der Waals surface area contributed by atoms with E-state index in [-0.39, 0.29) is 6.29 Å². The van der Waals surface area contributed by atoms with Gasteiger partial charge in [0, 0.05) is 12.2 Å². The average molecular weight is 215 g/mol. The highest BCUT2D eigenvalue weighted by Gasteiger charge is 2.01. The van der Waals surface area contributed by atoms with Crippen molar-refractivity contribution in [1.29, 1.82) is 0 Å². The van der Waals surface area contributed by atoms with Gasteiger partial charge in [-0.2, -0.15) is 0 Å². The number of unbranched alkanes of at least 4 members (excludes halogenated alkanes) is 1. The van der Waals surface area contributed by atoms with Crippen molar-refractivity contribution < 1.29 is 14.3 Å². The van der Waals surface area contributed by atoms with E-state index in [1.165, 1.54) is 0 Å². The molecule has 1 atom stereocenters. The van der Waals surface area contributed by atoms with E-state index in [1.54, 1.807) is 13.0 Å². The molecule has 0 saturated carbocycles. The zero-order valence-electron chi connectivity index (χ0n) is 9.79. The molecule has 1 amide bonds. The molecule has 88 valence electrons. The second-order valence-electron chi connectivity index (χ2n) is 3.38. The number of primary amides is 1. The Bertz CT molecular complexity index is 214. The maximum Gasteiger partial charge on any atom is 0.244 e. The summed E-state index contributed by atoms with van der Waals surface area (Å²) in [4.78, 5) is 10.7. The van der Waals surface area contributed by atoms with Gasteiger partial charge in [0.1, 0.15) is 0 Å².